The number of ether oxygens (including phenoxy) is 1. The largest absolute Gasteiger partial charge is 0.508 e. The first kappa shape index (κ1) is 26.3. The third-order valence-corrected chi connectivity index (χ3v) is 6.80. The van der Waals surface area contributed by atoms with Crippen molar-refractivity contribution in [3.05, 3.63) is 107 Å². The van der Waals surface area contributed by atoms with Crippen LogP contribution in [0.1, 0.15) is 31.8 Å². The van der Waals surface area contributed by atoms with E-state index in [1.165, 1.54) is 30.3 Å². The molecule has 0 amide bonds. The van der Waals surface area contributed by atoms with E-state index in [4.69, 9.17) is 4.74 Å². The molecule has 0 saturated carbocycles. The van der Waals surface area contributed by atoms with Gasteiger partial charge >= 0.3 is 11.9 Å². The van der Waals surface area contributed by atoms with Gasteiger partial charge in [-0.3, -0.25) is 0 Å². The number of esters is 1. The lowest BCUT2D eigenvalue weighted by molar-refractivity contribution is 0.0695. The number of carboxylic acids is 1. The summed E-state index contributed by atoms with van der Waals surface area (Å²) in [6.45, 7) is 0. The molecule has 2 heterocycles. The van der Waals surface area contributed by atoms with Crippen LogP contribution in [0.5, 0.6) is 23.1 Å². The Labute approximate surface area is 238 Å². The number of hydrogen-bond donors (Lipinski definition) is 4. The van der Waals surface area contributed by atoms with Gasteiger partial charge in [0.1, 0.15) is 22.9 Å². The number of aryl methyl sites for hydroxylation is 2. The highest BCUT2D eigenvalue weighted by Gasteiger charge is 2.29. The number of phenolic OH excluding ortho intramolecular Hbond substituents is 2. The van der Waals surface area contributed by atoms with Gasteiger partial charge in [-0.15, -0.1) is 10.2 Å². The van der Waals surface area contributed by atoms with E-state index in [9.17, 15) is 30.0 Å². The van der Waals surface area contributed by atoms with Crippen molar-refractivity contribution in [3.63, 3.8) is 0 Å². The summed E-state index contributed by atoms with van der Waals surface area (Å²) in [5.74, 6) is -1.97. The average molecular weight is 563 g/mol. The summed E-state index contributed by atoms with van der Waals surface area (Å²) < 4.78 is 6.46. The molecule has 42 heavy (non-hydrogen) atoms. The third-order valence-electron chi connectivity index (χ3n) is 6.80. The summed E-state index contributed by atoms with van der Waals surface area (Å²) in [5.41, 5.74) is 2.52. The Bertz CT molecular complexity index is 1900. The number of carbonyl (C=O) groups excluding carboxylic acids is 1. The number of aromatic nitrogens is 2. The van der Waals surface area contributed by atoms with Crippen LogP contribution in [-0.4, -0.2) is 42.1 Å². The Balaban J connectivity index is 1.38. The zero-order valence-electron chi connectivity index (χ0n) is 21.8. The third kappa shape index (κ3) is 4.79. The van der Waals surface area contributed by atoms with Crippen LogP contribution >= 0.6 is 0 Å². The number of aromatic hydroxyl groups is 3. The monoisotopic (exact) mass is 562 g/mol. The van der Waals surface area contributed by atoms with E-state index in [1.807, 2.05) is 6.07 Å². The molecule has 4 N–H and O–H groups in total. The van der Waals surface area contributed by atoms with Crippen molar-refractivity contribution in [2.45, 2.75) is 12.8 Å². The lowest BCUT2D eigenvalue weighted by Gasteiger charge is -2.06. The van der Waals surface area contributed by atoms with Gasteiger partial charge in [-0.2, -0.15) is 9.78 Å². The van der Waals surface area contributed by atoms with Crippen molar-refractivity contribution < 1.29 is 34.8 Å². The molecule has 2 bridgehead atoms. The molecule has 0 radical (unpaired) electrons. The van der Waals surface area contributed by atoms with Crippen LogP contribution in [0, 0.1) is 0 Å². The molecule has 0 saturated heterocycles. The molecule has 11 nitrogen and oxygen atoms in total. The number of azo groups is 1. The molecule has 0 atom stereocenters. The molecule has 0 spiro atoms. The second-order valence-electron chi connectivity index (χ2n) is 9.51. The minimum Gasteiger partial charge on any atom is -0.508 e. The number of carbonyl (C=O) groups is 2. The Hall–Kier alpha value is -5.97. The Morgan fingerprint density at radius 1 is 0.857 bits per heavy atom. The van der Waals surface area contributed by atoms with Gasteiger partial charge in [0.2, 0.25) is 5.88 Å². The molecular weight excluding hydrogens is 540 g/mol. The second kappa shape index (κ2) is 10.5. The molecule has 208 valence electrons. The maximum atomic E-state index is 12.6. The molecule has 0 aliphatic carbocycles. The molecule has 6 rings (SSSR count). The number of rotatable bonds is 8. The van der Waals surface area contributed by atoms with E-state index in [1.54, 1.807) is 48.5 Å². The van der Waals surface area contributed by atoms with Crippen molar-refractivity contribution in [2.24, 2.45) is 10.2 Å². The van der Waals surface area contributed by atoms with Crippen molar-refractivity contribution >= 4 is 23.3 Å². The molecule has 1 aliphatic heterocycles. The first-order valence-corrected chi connectivity index (χ1v) is 12.8. The summed E-state index contributed by atoms with van der Waals surface area (Å²) in [7, 11) is 0. The van der Waals surface area contributed by atoms with Crippen molar-refractivity contribution in [1.82, 2.24) is 9.78 Å². The van der Waals surface area contributed by atoms with Crippen molar-refractivity contribution in [2.75, 3.05) is 0 Å². The highest BCUT2D eigenvalue weighted by atomic mass is 16.5. The number of phenols is 2. The number of fused-ring (bicyclic) bond motifs is 2. The van der Waals surface area contributed by atoms with E-state index in [2.05, 4.69) is 15.3 Å². The maximum Gasteiger partial charge on any atom is 0.346 e. The van der Waals surface area contributed by atoms with Gasteiger partial charge in [0.25, 0.3) is 0 Å². The molecule has 1 aromatic heterocycles. The highest BCUT2D eigenvalue weighted by Crippen LogP contribution is 2.44. The van der Waals surface area contributed by atoms with Crippen LogP contribution in [0.25, 0.3) is 16.9 Å². The quantitative estimate of drug-likeness (QED) is 0.100. The van der Waals surface area contributed by atoms with E-state index < -0.39 is 17.8 Å². The SMILES string of the molecule is O=C(O)c1ccccc1-n1nc(-c2ccccc2)c(N=Nc2c3cc(CCc4cc(O)ccc4O)cc2C(=O)O3)c1O. The molecule has 0 unspecified atom stereocenters. The van der Waals surface area contributed by atoms with Gasteiger partial charge in [0.15, 0.2) is 11.4 Å². The molecule has 11 heteroatoms. The summed E-state index contributed by atoms with van der Waals surface area (Å²) in [5, 5.41) is 53.7. The standard InChI is InChI=1S/C31H22N4O7/c36-20-12-13-24(37)19(16-20)11-10-17-14-22-27(25(15-17)42-31(22)41)32-33-28-26(18-6-2-1-3-7-18)34-35(29(28)38)23-9-5-4-8-21(23)30(39)40/h1-9,12-16,36-38H,10-11H2,(H,39,40). The number of hydrogen-bond acceptors (Lipinski definition) is 9. The number of para-hydroxylation sites is 1. The van der Waals surface area contributed by atoms with E-state index >= 15 is 0 Å². The fourth-order valence-corrected chi connectivity index (χ4v) is 4.74. The van der Waals surface area contributed by atoms with Gasteiger partial charge in [-0.1, -0.05) is 42.5 Å². The molecule has 0 fully saturated rings. The number of aromatic carboxylic acids is 1. The maximum absolute atomic E-state index is 12.6. The van der Waals surface area contributed by atoms with Crippen LogP contribution in [0.15, 0.2) is 95.2 Å². The first-order chi connectivity index (χ1) is 20.3. The number of benzene rings is 4. The van der Waals surface area contributed by atoms with E-state index in [0.717, 1.165) is 10.2 Å². The van der Waals surface area contributed by atoms with Gasteiger partial charge in [0.05, 0.1) is 16.8 Å². The van der Waals surface area contributed by atoms with Crippen LogP contribution in [0.3, 0.4) is 0 Å². The minimum atomic E-state index is -1.19. The van der Waals surface area contributed by atoms with E-state index in [-0.39, 0.29) is 51.1 Å². The zero-order chi connectivity index (χ0) is 29.4. The fraction of sp³-hybridized carbons (Fsp3) is 0.0645. The van der Waals surface area contributed by atoms with E-state index in [0.29, 0.717) is 24.0 Å². The van der Waals surface area contributed by atoms with Gasteiger partial charge in [-0.25, -0.2) is 9.59 Å². The van der Waals surface area contributed by atoms with Gasteiger partial charge in [-0.05, 0) is 66.4 Å². The second-order valence-corrected chi connectivity index (χ2v) is 9.51. The van der Waals surface area contributed by atoms with Crippen LogP contribution in [0.4, 0.5) is 11.4 Å². The summed E-state index contributed by atoms with van der Waals surface area (Å²) in [4.78, 5) is 24.4. The van der Waals surface area contributed by atoms with Gasteiger partial charge in [0, 0.05) is 5.56 Å². The number of carboxylic acid groups (broad SMARTS) is 1. The smallest absolute Gasteiger partial charge is 0.346 e. The predicted molar refractivity (Wildman–Crippen MR) is 150 cm³/mol. The minimum absolute atomic E-state index is 0.0314. The molecule has 1 aliphatic rings. The molecule has 5 aromatic rings. The summed E-state index contributed by atoms with van der Waals surface area (Å²) >= 11 is 0. The average Bonchev–Trinajstić information content (AvgIpc) is 3.40. The lowest BCUT2D eigenvalue weighted by atomic mass is 10.0. The van der Waals surface area contributed by atoms with Gasteiger partial charge < -0.3 is 25.2 Å². The Kier molecular flexibility index (Phi) is 6.59. The Morgan fingerprint density at radius 3 is 2.36 bits per heavy atom. The topological polar surface area (TPSA) is 167 Å². The normalized spacial score (nSPS) is 12.1. The molecule has 4 aromatic carbocycles. The molecular formula is C31H22N4O7. The summed E-state index contributed by atoms with van der Waals surface area (Å²) in [6, 6.07) is 22.6. The number of nitrogens with zero attached hydrogens (tertiary/aromatic N) is 4. The zero-order valence-corrected chi connectivity index (χ0v) is 21.8. The first-order valence-electron chi connectivity index (χ1n) is 12.8. The van der Waals surface area contributed by atoms with Crippen LogP contribution in [-0.2, 0) is 12.8 Å². The van der Waals surface area contributed by atoms with Crippen LogP contribution < -0.4 is 4.74 Å². The lowest BCUT2D eigenvalue weighted by Crippen LogP contribution is -2.06. The highest BCUT2D eigenvalue weighted by molar-refractivity contribution is 6.03. The van der Waals surface area contributed by atoms with Crippen LogP contribution in [0.2, 0.25) is 0 Å². The summed E-state index contributed by atoms with van der Waals surface area (Å²) in [6.07, 6.45) is 0.846. The van der Waals surface area contributed by atoms with Crippen molar-refractivity contribution in [1.29, 1.82) is 0 Å². The predicted octanol–water partition coefficient (Wildman–Crippen LogP) is 6.09. The fourth-order valence-electron chi connectivity index (χ4n) is 4.74. The Morgan fingerprint density at radius 2 is 1.60 bits per heavy atom. The van der Waals surface area contributed by atoms with Crippen molar-refractivity contribution in [3.8, 4) is 40.1 Å².